The number of rotatable bonds is 3. The average Bonchev–Trinajstić information content (AvgIpc) is 2.46. The molecule has 2 saturated heterocycles. The lowest BCUT2D eigenvalue weighted by Gasteiger charge is -2.32. The van der Waals surface area contributed by atoms with Crippen molar-refractivity contribution in [3.8, 4) is 0 Å². The highest BCUT2D eigenvalue weighted by atomic mass is 16.7. The Morgan fingerprint density at radius 3 is 2.35 bits per heavy atom. The van der Waals surface area contributed by atoms with Crippen LogP contribution in [0.25, 0.3) is 0 Å². The molecule has 2 heterocycles. The molecule has 2 fully saturated rings. The Bertz CT molecular complexity index is 246. The minimum absolute atomic E-state index is 0.0121. The van der Waals surface area contributed by atoms with Gasteiger partial charge in [0.25, 0.3) is 0 Å². The van der Waals surface area contributed by atoms with Crippen LogP contribution in [0.15, 0.2) is 0 Å². The lowest BCUT2D eigenvalue weighted by molar-refractivity contribution is 0.00578. The van der Waals surface area contributed by atoms with Crippen LogP contribution >= 0.6 is 0 Å². The smallest absolute Gasteiger partial charge is 0.403 e. The zero-order valence-electron chi connectivity index (χ0n) is 11.7. The van der Waals surface area contributed by atoms with Gasteiger partial charge in [-0.15, -0.1) is 0 Å². The fourth-order valence-corrected chi connectivity index (χ4v) is 2.63. The van der Waals surface area contributed by atoms with Gasteiger partial charge in [-0.1, -0.05) is 6.42 Å². The van der Waals surface area contributed by atoms with E-state index in [2.05, 4.69) is 33.0 Å². The van der Waals surface area contributed by atoms with Crippen LogP contribution < -0.4 is 5.32 Å². The highest BCUT2D eigenvalue weighted by Gasteiger charge is 2.50. The molecule has 0 bridgehead atoms. The Morgan fingerprint density at radius 2 is 1.82 bits per heavy atom. The van der Waals surface area contributed by atoms with Gasteiger partial charge in [-0.25, -0.2) is 0 Å². The quantitative estimate of drug-likeness (QED) is 0.767. The van der Waals surface area contributed by atoms with Gasteiger partial charge >= 0.3 is 7.12 Å². The highest BCUT2D eigenvalue weighted by molar-refractivity contribution is 6.45. The van der Waals surface area contributed by atoms with Gasteiger partial charge in [-0.2, -0.15) is 0 Å². The van der Waals surface area contributed by atoms with Crippen LogP contribution in [0.4, 0.5) is 0 Å². The molecule has 17 heavy (non-hydrogen) atoms. The van der Waals surface area contributed by atoms with Gasteiger partial charge in [0.05, 0.1) is 11.2 Å². The summed E-state index contributed by atoms with van der Waals surface area (Å²) < 4.78 is 12.0. The standard InChI is InChI=1S/C13H26BNO2/c1-12(2)13(3,4)17-14(16-12)8-7-11-6-5-9-15-10-11/h11,15H,5-10H2,1-4H3. The summed E-state index contributed by atoms with van der Waals surface area (Å²) >= 11 is 0. The summed E-state index contributed by atoms with van der Waals surface area (Å²) in [6, 6.07) is 0. The molecule has 0 amide bonds. The SMILES string of the molecule is CC1(C)OB(CCC2CCCNC2)OC1(C)C. The molecule has 0 spiro atoms. The van der Waals surface area contributed by atoms with Gasteiger partial charge in [-0.3, -0.25) is 0 Å². The van der Waals surface area contributed by atoms with E-state index in [-0.39, 0.29) is 18.3 Å². The third-order valence-corrected chi connectivity index (χ3v) is 4.51. The number of hydrogen-bond donors (Lipinski definition) is 1. The van der Waals surface area contributed by atoms with Crippen LogP contribution in [0.5, 0.6) is 0 Å². The topological polar surface area (TPSA) is 30.5 Å². The second-order valence-corrected chi connectivity index (χ2v) is 6.48. The molecule has 1 N–H and O–H groups in total. The molecule has 2 rings (SSSR count). The maximum Gasteiger partial charge on any atom is 0.457 e. The molecule has 4 heteroatoms. The van der Waals surface area contributed by atoms with Gasteiger partial charge < -0.3 is 14.6 Å². The van der Waals surface area contributed by atoms with E-state index in [1.54, 1.807) is 0 Å². The van der Waals surface area contributed by atoms with Crippen LogP contribution in [0.3, 0.4) is 0 Å². The summed E-state index contributed by atoms with van der Waals surface area (Å²) in [7, 11) is -0.0121. The monoisotopic (exact) mass is 239 g/mol. The summed E-state index contributed by atoms with van der Waals surface area (Å²) in [4.78, 5) is 0. The van der Waals surface area contributed by atoms with Gasteiger partial charge in [0.1, 0.15) is 0 Å². The van der Waals surface area contributed by atoms with E-state index < -0.39 is 0 Å². The molecule has 0 saturated carbocycles. The van der Waals surface area contributed by atoms with E-state index in [0.29, 0.717) is 0 Å². The largest absolute Gasteiger partial charge is 0.457 e. The molecule has 0 radical (unpaired) electrons. The molecule has 2 aliphatic heterocycles. The Balaban J connectivity index is 1.77. The predicted molar refractivity (Wildman–Crippen MR) is 71.1 cm³/mol. The van der Waals surface area contributed by atoms with E-state index in [4.69, 9.17) is 9.31 Å². The minimum atomic E-state index is -0.178. The summed E-state index contributed by atoms with van der Waals surface area (Å²) in [5.74, 6) is 0.808. The Morgan fingerprint density at radius 1 is 1.18 bits per heavy atom. The van der Waals surface area contributed by atoms with Crippen LogP contribution in [0.1, 0.15) is 47.0 Å². The molecule has 0 aromatic carbocycles. The maximum atomic E-state index is 6.01. The van der Waals surface area contributed by atoms with Gasteiger partial charge in [-0.05, 0) is 65.9 Å². The number of hydrogen-bond acceptors (Lipinski definition) is 3. The molecule has 98 valence electrons. The zero-order chi connectivity index (χ0) is 12.5. The van der Waals surface area contributed by atoms with Crippen molar-refractivity contribution in [2.45, 2.75) is 64.5 Å². The third-order valence-electron chi connectivity index (χ3n) is 4.51. The molecular weight excluding hydrogens is 213 g/mol. The van der Waals surface area contributed by atoms with Gasteiger partial charge in [0.2, 0.25) is 0 Å². The van der Waals surface area contributed by atoms with Crippen molar-refractivity contribution in [1.82, 2.24) is 5.32 Å². The molecule has 0 aromatic heterocycles. The first-order valence-corrected chi connectivity index (χ1v) is 6.97. The van der Waals surface area contributed by atoms with Crippen molar-refractivity contribution in [1.29, 1.82) is 0 Å². The predicted octanol–water partition coefficient (Wildman–Crippen LogP) is 2.47. The van der Waals surface area contributed by atoms with Crippen molar-refractivity contribution < 1.29 is 9.31 Å². The average molecular weight is 239 g/mol. The molecule has 2 aliphatic rings. The summed E-state index contributed by atoms with van der Waals surface area (Å²) in [5.41, 5.74) is -0.356. The van der Waals surface area contributed by atoms with Crippen molar-refractivity contribution in [3.05, 3.63) is 0 Å². The van der Waals surface area contributed by atoms with Crippen molar-refractivity contribution in [2.24, 2.45) is 5.92 Å². The fraction of sp³-hybridized carbons (Fsp3) is 1.00. The molecule has 0 aromatic rings. The summed E-state index contributed by atoms with van der Waals surface area (Å²) in [6.45, 7) is 10.8. The highest BCUT2D eigenvalue weighted by Crippen LogP contribution is 2.38. The molecule has 1 atom stereocenters. The van der Waals surface area contributed by atoms with E-state index in [1.807, 2.05) is 0 Å². The van der Waals surface area contributed by atoms with E-state index in [0.717, 1.165) is 12.2 Å². The Kier molecular flexibility index (Phi) is 3.86. The fourth-order valence-electron chi connectivity index (χ4n) is 2.63. The van der Waals surface area contributed by atoms with E-state index >= 15 is 0 Å². The first-order chi connectivity index (χ1) is 7.91. The lowest BCUT2D eigenvalue weighted by Crippen LogP contribution is -2.41. The molecule has 1 unspecified atom stereocenters. The second-order valence-electron chi connectivity index (χ2n) is 6.48. The maximum absolute atomic E-state index is 6.01. The van der Waals surface area contributed by atoms with Crippen LogP contribution in [0, 0.1) is 5.92 Å². The number of piperidine rings is 1. The minimum Gasteiger partial charge on any atom is -0.403 e. The second kappa shape index (κ2) is 4.91. The first kappa shape index (κ1) is 13.4. The molecular formula is C13H26BNO2. The summed E-state index contributed by atoms with van der Waals surface area (Å²) in [5, 5.41) is 3.46. The number of nitrogens with one attached hydrogen (secondary N) is 1. The Hall–Kier alpha value is -0.0551. The van der Waals surface area contributed by atoms with Gasteiger partial charge in [0, 0.05) is 0 Å². The Labute approximate surface area is 106 Å². The van der Waals surface area contributed by atoms with Crippen molar-refractivity contribution in [3.63, 3.8) is 0 Å². The van der Waals surface area contributed by atoms with Gasteiger partial charge in [0.15, 0.2) is 0 Å². The van der Waals surface area contributed by atoms with Crippen molar-refractivity contribution in [2.75, 3.05) is 13.1 Å². The zero-order valence-corrected chi connectivity index (χ0v) is 11.7. The lowest BCUT2D eigenvalue weighted by atomic mass is 9.78. The third kappa shape index (κ3) is 3.04. The first-order valence-electron chi connectivity index (χ1n) is 6.97. The van der Waals surface area contributed by atoms with Crippen LogP contribution in [0.2, 0.25) is 6.32 Å². The normalized spacial score (nSPS) is 31.8. The van der Waals surface area contributed by atoms with E-state index in [9.17, 15) is 0 Å². The van der Waals surface area contributed by atoms with Crippen molar-refractivity contribution >= 4 is 7.12 Å². The summed E-state index contributed by atoms with van der Waals surface area (Å²) in [6.07, 6.45) is 4.91. The molecule has 3 nitrogen and oxygen atoms in total. The van der Waals surface area contributed by atoms with E-state index in [1.165, 1.54) is 32.4 Å². The molecule has 0 aliphatic carbocycles. The van der Waals surface area contributed by atoms with Crippen LogP contribution in [-0.2, 0) is 9.31 Å². The van der Waals surface area contributed by atoms with Crippen LogP contribution in [-0.4, -0.2) is 31.4 Å².